The van der Waals surface area contributed by atoms with E-state index in [1.807, 2.05) is 0 Å². The SMILES string of the molecule is CCOC(=O)C(C)(C)c1ccc(F)c(Cl)c1. The van der Waals surface area contributed by atoms with E-state index in [0.717, 1.165) is 0 Å². The fourth-order valence-corrected chi connectivity index (χ4v) is 1.49. The van der Waals surface area contributed by atoms with E-state index in [2.05, 4.69) is 0 Å². The summed E-state index contributed by atoms with van der Waals surface area (Å²) < 4.78 is 17.9. The zero-order chi connectivity index (χ0) is 12.3. The van der Waals surface area contributed by atoms with Gasteiger partial charge in [0.05, 0.1) is 17.0 Å². The Balaban J connectivity index is 3.06. The van der Waals surface area contributed by atoms with Crippen molar-refractivity contribution in [3.05, 3.63) is 34.6 Å². The molecule has 0 aliphatic rings. The lowest BCUT2D eigenvalue weighted by molar-refractivity contribution is -0.148. The first kappa shape index (κ1) is 13.0. The molecule has 0 heterocycles. The van der Waals surface area contributed by atoms with E-state index in [0.29, 0.717) is 12.2 Å². The van der Waals surface area contributed by atoms with Crippen LogP contribution in [0.1, 0.15) is 26.3 Å². The van der Waals surface area contributed by atoms with Crippen molar-refractivity contribution < 1.29 is 13.9 Å². The average molecular weight is 245 g/mol. The molecule has 0 aliphatic heterocycles. The van der Waals surface area contributed by atoms with Gasteiger partial charge in [0.25, 0.3) is 0 Å². The Bertz CT molecular complexity index is 402. The minimum absolute atomic E-state index is 0.00914. The Hall–Kier alpha value is -1.09. The number of benzene rings is 1. The normalized spacial score (nSPS) is 11.3. The lowest BCUT2D eigenvalue weighted by Gasteiger charge is -2.22. The number of hydrogen-bond donors (Lipinski definition) is 0. The number of carbonyl (C=O) groups excluding carboxylic acids is 1. The van der Waals surface area contributed by atoms with Crippen LogP contribution in [0.15, 0.2) is 18.2 Å². The van der Waals surface area contributed by atoms with Crippen molar-refractivity contribution in [2.24, 2.45) is 0 Å². The second kappa shape index (κ2) is 4.83. The van der Waals surface area contributed by atoms with Crippen LogP contribution < -0.4 is 0 Å². The first-order valence-corrected chi connectivity index (χ1v) is 5.40. The van der Waals surface area contributed by atoms with E-state index < -0.39 is 11.2 Å². The molecule has 0 fully saturated rings. The molecule has 0 saturated heterocycles. The fourth-order valence-electron chi connectivity index (χ4n) is 1.31. The van der Waals surface area contributed by atoms with Crippen molar-refractivity contribution in [1.82, 2.24) is 0 Å². The van der Waals surface area contributed by atoms with E-state index in [-0.39, 0.29) is 11.0 Å². The number of rotatable bonds is 3. The van der Waals surface area contributed by atoms with Crippen molar-refractivity contribution in [3.8, 4) is 0 Å². The van der Waals surface area contributed by atoms with Crippen LogP contribution in [-0.2, 0) is 14.9 Å². The van der Waals surface area contributed by atoms with Crippen molar-refractivity contribution in [1.29, 1.82) is 0 Å². The standard InChI is InChI=1S/C12H14ClFO2/c1-4-16-11(15)12(2,3)8-5-6-10(14)9(13)7-8/h5-7H,4H2,1-3H3. The third-order valence-electron chi connectivity index (χ3n) is 2.43. The minimum atomic E-state index is -0.826. The molecule has 0 aliphatic carbocycles. The van der Waals surface area contributed by atoms with Crippen LogP contribution in [0.5, 0.6) is 0 Å². The third kappa shape index (κ3) is 2.53. The Kier molecular flexibility index (Phi) is 3.92. The van der Waals surface area contributed by atoms with Crippen LogP contribution in [0.2, 0.25) is 5.02 Å². The van der Waals surface area contributed by atoms with Gasteiger partial charge in [-0.2, -0.15) is 0 Å². The molecule has 0 radical (unpaired) electrons. The van der Waals surface area contributed by atoms with Gasteiger partial charge in [-0.3, -0.25) is 4.79 Å². The zero-order valence-corrected chi connectivity index (χ0v) is 10.3. The highest BCUT2D eigenvalue weighted by atomic mass is 35.5. The molecule has 0 unspecified atom stereocenters. The number of ether oxygens (including phenoxy) is 1. The van der Waals surface area contributed by atoms with Crippen molar-refractivity contribution in [2.75, 3.05) is 6.61 Å². The maximum Gasteiger partial charge on any atom is 0.315 e. The molecule has 2 nitrogen and oxygen atoms in total. The summed E-state index contributed by atoms with van der Waals surface area (Å²) in [6.07, 6.45) is 0. The number of halogens is 2. The van der Waals surface area contributed by atoms with Crippen molar-refractivity contribution in [2.45, 2.75) is 26.2 Å². The molecule has 0 aromatic heterocycles. The quantitative estimate of drug-likeness (QED) is 0.763. The zero-order valence-electron chi connectivity index (χ0n) is 9.51. The smallest absolute Gasteiger partial charge is 0.315 e. The van der Waals surface area contributed by atoms with E-state index in [4.69, 9.17) is 16.3 Å². The molecule has 0 spiro atoms. The molecule has 4 heteroatoms. The van der Waals surface area contributed by atoms with E-state index in [1.54, 1.807) is 20.8 Å². The lowest BCUT2D eigenvalue weighted by Crippen LogP contribution is -2.31. The maximum atomic E-state index is 13.0. The van der Waals surface area contributed by atoms with Crippen LogP contribution in [0, 0.1) is 5.82 Å². The van der Waals surface area contributed by atoms with Crippen molar-refractivity contribution >= 4 is 17.6 Å². The van der Waals surface area contributed by atoms with Gasteiger partial charge >= 0.3 is 5.97 Å². The van der Waals surface area contributed by atoms with Crippen LogP contribution in [0.3, 0.4) is 0 Å². The molecular weight excluding hydrogens is 231 g/mol. The Labute approximate surface area is 99.4 Å². The predicted molar refractivity (Wildman–Crippen MR) is 61.1 cm³/mol. The van der Waals surface area contributed by atoms with Crippen LogP contribution in [-0.4, -0.2) is 12.6 Å². The summed E-state index contributed by atoms with van der Waals surface area (Å²) in [4.78, 5) is 11.7. The highest BCUT2D eigenvalue weighted by Gasteiger charge is 2.31. The van der Waals surface area contributed by atoms with E-state index >= 15 is 0 Å². The van der Waals surface area contributed by atoms with Gasteiger partial charge in [0.2, 0.25) is 0 Å². The van der Waals surface area contributed by atoms with Crippen LogP contribution in [0.25, 0.3) is 0 Å². The van der Waals surface area contributed by atoms with Gasteiger partial charge in [-0.25, -0.2) is 4.39 Å². The summed E-state index contributed by atoms with van der Waals surface area (Å²) in [5, 5.41) is 0.00914. The van der Waals surface area contributed by atoms with Gasteiger partial charge in [-0.05, 0) is 38.5 Å². The maximum absolute atomic E-state index is 13.0. The molecule has 1 aromatic carbocycles. The molecule has 1 rings (SSSR count). The molecule has 0 atom stereocenters. The van der Waals surface area contributed by atoms with Gasteiger partial charge in [-0.1, -0.05) is 17.7 Å². The topological polar surface area (TPSA) is 26.3 Å². The number of carbonyl (C=O) groups is 1. The lowest BCUT2D eigenvalue weighted by atomic mass is 9.85. The molecule has 1 aromatic rings. The first-order chi connectivity index (χ1) is 7.39. The second-order valence-corrected chi connectivity index (χ2v) is 4.38. The summed E-state index contributed by atoms with van der Waals surface area (Å²) in [6.45, 7) is 5.49. The van der Waals surface area contributed by atoms with Gasteiger partial charge in [-0.15, -0.1) is 0 Å². The second-order valence-electron chi connectivity index (χ2n) is 3.97. The summed E-state index contributed by atoms with van der Waals surface area (Å²) >= 11 is 5.67. The predicted octanol–water partition coefficient (Wildman–Crippen LogP) is 3.32. The molecular formula is C12H14ClFO2. The van der Waals surface area contributed by atoms with Gasteiger partial charge in [0.1, 0.15) is 5.82 Å². The van der Waals surface area contributed by atoms with E-state index in [1.165, 1.54) is 18.2 Å². The highest BCUT2D eigenvalue weighted by Crippen LogP contribution is 2.28. The highest BCUT2D eigenvalue weighted by molar-refractivity contribution is 6.30. The Morgan fingerprint density at radius 1 is 1.50 bits per heavy atom. The average Bonchev–Trinajstić information content (AvgIpc) is 2.22. The van der Waals surface area contributed by atoms with Gasteiger partial charge in [0.15, 0.2) is 0 Å². The number of esters is 1. The van der Waals surface area contributed by atoms with Crippen LogP contribution >= 0.6 is 11.6 Å². The summed E-state index contributed by atoms with van der Waals surface area (Å²) in [5.41, 5.74) is -0.190. The Morgan fingerprint density at radius 2 is 2.12 bits per heavy atom. The summed E-state index contributed by atoms with van der Waals surface area (Å²) in [6, 6.07) is 4.24. The Morgan fingerprint density at radius 3 is 2.62 bits per heavy atom. The van der Waals surface area contributed by atoms with Gasteiger partial charge < -0.3 is 4.74 Å². The monoisotopic (exact) mass is 244 g/mol. The molecule has 16 heavy (non-hydrogen) atoms. The first-order valence-electron chi connectivity index (χ1n) is 5.02. The number of hydrogen-bond acceptors (Lipinski definition) is 2. The third-order valence-corrected chi connectivity index (χ3v) is 2.72. The van der Waals surface area contributed by atoms with E-state index in [9.17, 15) is 9.18 Å². The summed E-state index contributed by atoms with van der Waals surface area (Å²) in [5.74, 6) is -0.845. The molecule has 0 amide bonds. The summed E-state index contributed by atoms with van der Waals surface area (Å²) in [7, 11) is 0. The largest absolute Gasteiger partial charge is 0.465 e. The minimum Gasteiger partial charge on any atom is -0.465 e. The molecule has 0 N–H and O–H groups in total. The van der Waals surface area contributed by atoms with Gasteiger partial charge in [0, 0.05) is 0 Å². The van der Waals surface area contributed by atoms with Crippen molar-refractivity contribution in [3.63, 3.8) is 0 Å². The fraction of sp³-hybridized carbons (Fsp3) is 0.417. The van der Waals surface area contributed by atoms with Crippen LogP contribution in [0.4, 0.5) is 4.39 Å². The molecule has 0 saturated carbocycles. The molecule has 88 valence electrons. The molecule has 0 bridgehead atoms.